The Labute approximate surface area is 121 Å². The fraction of sp³-hybridized carbons (Fsp3) is 0.462. The summed E-state index contributed by atoms with van der Waals surface area (Å²) < 4.78 is 5.13. The van der Waals surface area contributed by atoms with E-state index in [9.17, 15) is 4.79 Å². The molecule has 3 N–H and O–H groups in total. The summed E-state index contributed by atoms with van der Waals surface area (Å²) in [5.74, 6) is 0.0792. The maximum Gasteiger partial charge on any atom is 0.263 e. The number of nitrogen functional groups attached to an aromatic ring is 1. The Kier molecular flexibility index (Phi) is 4.51. The first-order valence-electron chi connectivity index (χ1n) is 6.34. The third-order valence-corrected chi connectivity index (χ3v) is 4.20. The molecule has 2 rings (SSSR count). The molecule has 0 fully saturated rings. The van der Waals surface area contributed by atoms with Crippen LogP contribution in [-0.4, -0.2) is 35.9 Å². The number of methoxy groups -OCH3 is 1. The summed E-state index contributed by atoms with van der Waals surface area (Å²) in [7, 11) is 1.62. The van der Waals surface area contributed by atoms with E-state index in [4.69, 9.17) is 10.5 Å². The quantitative estimate of drug-likeness (QED) is 0.875. The zero-order valence-corrected chi connectivity index (χ0v) is 12.5. The fourth-order valence-corrected chi connectivity index (χ4v) is 2.80. The van der Waals surface area contributed by atoms with Crippen molar-refractivity contribution in [3.63, 3.8) is 0 Å². The van der Waals surface area contributed by atoms with E-state index in [1.165, 1.54) is 11.3 Å². The monoisotopic (exact) mass is 294 g/mol. The number of carbonyl (C=O) groups is 1. The van der Waals surface area contributed by atoms with Crippen LogP contribution in [0, 0.1) is 5.92 Å². The van der Waals surface area contributed by atoms with Crippen molar-refractivity contribution < 1.29 is 9.53 Å². The zero-order chi connectivity index (χ0) is 14.7. The maximum absolute atomic E-state index is 12.3. The van der Waals surface area contributed by atoms with Crippen LogP contribution in [0.2, 0.25) is 0 Å². The lowest BCUT2D eigenvalue weighted by molar-refractivity contribution is 0.0871. The van der Waals surface area contributed by atoms with Crippen LogP contribution in [0.5, 0.6) is 0 Å². The summed E-state index contributed by atoms with van der Waals surface area (Å²) >= 11 is 1.25. The molecule has 0 aliphatic rings. The van der Waals surface area contributed by atoms with Crippen molar-refractivity contribution in [2.75, 3.05) is 19.5 Å². The third kappa shape index (κ3) is 2.88. The molecule has 20 heavy (non-hydrogen) atoms. The molecule has 0 saturated carbocycles. The van der Waals surface area contributed by atoms with Crippen LogP contribution < -0.4 is 11.1 Å². The summed E-state index contributed by atoms with van der Waals surface area (Å²) in [6.45, 7) is 4.53. The van der Waals surface area contributed by atoms with Gasteiger partial charge >= 0.3 is 0 Å². The van der Waals surface area contributed by atoms with Crippen molar-refractivity contribution in [3.8, 4) is 0 Å². The van der Waals surface area contributed by atoms with Crippen LogP contribution in [0.25, 0.3) is 10.2 Å². The van der Waals surface area contributed by atoms with Crippen molar-refractivity contribution in [1.29, 1.82) is 0 Å². The first-order valence-corrected chi connectivity index (χ1v) is 7.15. The first kappa shape index (κ1) is 14.7. The zero-order valence-electron chi connectivity index (χ0n) is 11.7. The van der Waals surface area contributed by atoms with Gasteiger partial charge in [0, 0.05) is 12.5 Å². The van der Waals surface area contributed by atoms with Gasteiger partial charge in [0.2, 0.25) is 0 Å². The smallest absolute Gasteiger partial charge is 0.263 e. The molecule has 0 aliphatic heterocycles. The molecular formula is C13H18N4O2S. The van der Waals surface area contributed by atoms with E-state index < -0.39 is 0 Å². The second-order valence-electron chi connectivity index (χ2n) is 4.87. The van der Waals surface area contributed by atoms with Gasteiger partial charge in [-0.2, -0.15) is 5.10 Å². The Bertz CT molecular complexity index is 611. The molecule has 0 saturated heterocycles. The van der Waals surface area contributed by atoms with Crippen LogP contribution in [0.3, 0.4) is 0 Å². The molecule has 7 heteroatoms. The summed E-state index contributed by atoms with van der Waals surface area (Å²) in [5, 5.41) is 11.5. The highest BCUT2D eigenvalue weighted by atomic mass is 32.1. The minimum Gasteiger partial charge on any atom is -0.397 e. The van der Waals surface area contributed by atoms with Crippen LogP contribution in [0.4, 0.5) is 5.69 Å². The number of rotatable bonds is 5. The highest BCUT2D eigenvalue weighted by molar-refractivity contribution is 7.21. The Balaban J connectivity index is 2.24. The molecule has 0 bridgehead atoms. The van der Waals surface area contributed by atoms with Gasteiger partial charge in [-0.3, -0.25) is 4.79 Å². The lowest BCUT2D eigenvalue weighted by Gasteiger charge is -2.21. The maximum atomic E-state index is 12.3. The van der Waals surface area contributed by atoms with Crippen LogP contribution in [-0.2, 0) is 4.74 Å². The molecule has 6 nitrogen and oxygen atoms in total. The number of amides is 1. The number of fused-ring (bicyclic) bond motifs is 1. The van der Waals surface area contributed by atoms with E-state index in [0.717, 1.165) is 5.39 Å². The summed E-state index contributed by atoms with van der Waals surface area (Å²) in [6.07, 6.45) is 1.56. The number of anilines is 1. The van der Waals surface area contributed by atoms with Gasteiger partial charge in [0.25, 0.3) is 5.91 Å². The molecule has 1 unspecified atom stereocenters. The van der Waals surface area contributed by atoms with Gasteiger partial charge in [-0.25, -0.2) is 0 Å². The van der Waals surface area contributed by atoms with Gasteiger partial charge in [-0.1, -0.05) is 13.8 Å². The number of ether oxygens (including phenoxy) is 1. The lowest BCUT2D eigenvalue weighted by Crippen LogP contribution is -2.41. The predicted octanol–water partition coefficient (Wildman–Crippen LogP) is 1.67. The minimum atomic E-state index is -0.193. The molecule has 2 heterocycles. The third-order valence-electron chi connectivity index (χ3n) is 3.09. The van der Waals surface area contributed by atoms with E-state index >= 15 is 0 Å². The molecule has 0 spiro atoms. The highest BCUT2D eigenvalue weighted by Gasteiger charge is 2.21. The van der Waals surface area contributed by atoms with E-state index in [0.29, 0.717) is 22.0 Å². The second-order valence-corrected chi connectivity index (χ2v) is 5.87. The van der Waals surface area contributed by atoms with Gasteiger partial charge in [0.05, 0.1) is 24.5 Å². The van der Waals surface area contributed by atoms with Crippen molar-refractivity contribution >= 4 is 33.1 Å². The molecule has 0 radical (unpaired) electrons. The molecule has 0 aliphatic carbocycles. The number of nitrogens with zero attached hydrogens (tertiary/aromatic N) is 2. The van der Waals surface area contributed by atoms with Gasteiger partial charge in [-0.15, -0.1) is 16.4 Å². The number of nitrogens with two attached hydrogens (primary N) is 1. The van der Waals surface area contributed by atoms with Crippen LogP contribution in [0.15, 0.2) is 12.3 Å². The number of aromatic nitrogens is 2. The molecule has 1 amide bonds. The molecule has 2 aromatic heterocycles. The largest absolute Gasteiger partial charge is 0.397 e. The SMILES string of the molecule is COCC(NC(=O)c1sc2nnccc2c1N)C(C)C. The highest BCUT2D eigenvalue weighted by Crippen LogP contribution is 2.31. The standard InChI is InChI=1S/C13H18N4O2S/c1-7(2)9(6-19-3)16-12(18)11-10(14)8-4-5-15-17-13(8)20-11/h4-5,7,9H,6,14H2,1-3H3,(H,16,18). The summed E-state index contributed by atoms with van der Waals surface area (Å²) in [4.78, 5) is 13.5. The number of hydrogen-bond acceptors (Lipinski definition) is 6. The van der Waals surface area contributed by atoms with Gasteiger partial charge in [0.1, 0.15) is 9.71 Å². The average Bonchev–Trinajstić information content (AvgIpc) is 2.76. The summed E-state index contributed by atoms with van der Waals surface area (Å²) in [5.41, 5.74) is 6.47. The first-order chi connectivity index (χ1) is 9.54. The Morgan fingerprint density at radius 1 is 1.55 bits per heavy atom. The van der Waals surface area contributed by atoms with Crippen molar-refractivity contribution in [1.82, 2.24) is 15.5 Å². The molecule has 108 valence electrons. The van der Waals surface area contributed by atoms with Crippen LogP contribution >= 0.6 is 11.3 Å². The van der Waals surface area contributed by atoms with Gasteiger partial charge in [-0.05, 0) is 12.0 Å². The topological polar surface area (TPSA) is 90.1 Å². The Hall–Kier alpha value is -1.73. The minimum absolute atomic E-state index is 0.0526. The Morgan fingerprint density at radius 3 is 2.90 bits per heavy atom. The Morgan fingerprint density at radius 2 is 2.30 bits per heavy atom. The lowest BCUT2D eigenvalue weighted by atomic mass is 10.1. The molecule has 2 aromatic rings. The predicted molar refractivity (Wildman–Crippen MR) is 79.8 cm³/mol. The van der Waals surface area contributed by atoms with Gasteiger partial charge < -0.3 is 15.8 Å². The van der Waals surface area contributed by atoms with Gasteiger partial charge in [0.15, 0.2) is 0 Å². The van der Waals surface area contributed by atoms with E-state index in [-0.39, 0.29) is 17.9 Å². The van der Waals surface area contributed by atoms with E-state index in [1.54, 1.807) is 19.4 Å². The number of hydrogen-bond donors (Lipinski definition) is 2. The van der Waals surface area contributed by atoms with Crippen LogP contribution in [0.1, 0.15) is 23.5 Å². The van der Waals surface area contributed by atoms with Crippen molar-refractivity contribution in [3.05, 3.63) is 17.1 Å². The fourth-order valence-electron chi connectivity index (χ4n) is 1.86. The average molecular weight is 294 g/mol. The summed E-state index contributed by atoms with van der Waals surface area (Å²) in [6, 6.07) is 1.71. The molecule has 0 aromatic carbocycles. The van der Waals surface area contributed by atoms with Crippen molar-refractivity contribution in [2.24, 2.45) is 5.92 Å². The van der Waals surface area contributed by atoms with E-state index in [2.05, 4.69) is 15.5 Å². The van der Waals surface area contributed by atoms with E-state index in [1.807, 2.05) is 13.8 Å². The molecule has 1 atom stereocenters. The normalized spacial score (nSPS) is 12.8. The number of carbonyl (C=O) groups excluding carboxylic acids is 1. The number of nitrogens with one attached hydrogen (secondary N) is 1. The second kappa shape index (κ2) is 6.15. The van der Waals surface area contributed by atoms with Crippen molar-refractivity contribution in [2.45, 2.75) is 19.9 Å². The molecular weight excluding hydrogens is 276 g/mol. The number of thiophene rings is 1.